The van der Waals surface area contributed by atoms with Gasteiger partial charge in [-0.15, -0.1) is 11.3 Å². The Hall–Kier alpha value is -1.61. The molecule has 0 aliphatic carbocycles. The molecule has 2 aromatic rings. The van der Waals surface area contributed by atoms with E-state index in [9.17, 15) is 4.79 Å². The van der Waals surface area contributed by atoms with Crippen molar-refractivity contribution >= 4 is 17.2 Å². The number of carbonyl (C=O) groups is 1. The van der Waals surface area contributed by atoms with Crippen LogP contribution in [-0.4, -0.2) is 17.9 Å². The quantitative estimate of drug-likeness (QED) is 0.806. The molecule has 0 aliphatic rings. The van der Waals surface area contributed by atoms with Crippen molar-refractivity contribution in [2.75, 3.05) is 7.05 Å². The summed E-state index contributed by atoms with van der Waals surface area (Å²) in [5.74, 6) is 0.160. The van der Waals surface area contributed by atoms with E-state index in [1.165, 1.54) is 10.4 Å². The van der Waals surface area contributed by atoms with E-state index in [1.807, 2.05) is 42.3 Å². The highest BCUT2D eigenvalue weighted by molar-refractivity contribution is 7.10. The summed E-state index contributed by atoms with van der Waals surface area (Å²) in [6.07, 6.45) is 0.830. The van der Waals surface area contributed by atoms with Crippen molar-refractivity contribution in [3.63, 3.8) is 0 Å². The predicted octanol–water partition coefficient (Wildman–Crippen LogP) is 4.21. The molecular formula is C17H21NOS. The molecule has 106 valence electrons. The summed E-state index contributed by atoms with van der Waals surface area (Å²) in [4.78, 5) is 15.8. The third-order valence-electron chi connectivity index (χ3n) is 3.63. The first-order valence-electron chi connectivity index (χ1n) is 6.96. The van der Waals surface area contributed by atoms with Gasteiger partial charge in [0.25, 0.3) is 0 Å². The van der Waals surface area contributed by atoms with Crippen LogP contribution in [0, 0.1) is 6.92 Å². The first kappa shape index (κ1) is 14.8. The summed E-state index contributed by atoms with van der Waals surface area (Å²) in [5.41, 5.74) is 2.37. The van der Waals surface area contributed by atoms with Crippen LogP contribution in [0.1, 0.15) is 35.3 Å². The maximum absolute atomic E-state index is 12.6. The van der Waals surface area contributed by atoms with Gasteiger partial charge < -0.3 is 4.90 Å². The summed E-state index contributed by atoms with van der Waals surface area (Å²) >= 11 is 1.72. The van der Waals surface area contributed by atoms with Crippen molar-refractivity contribution in [1.82, 2.24) is 4.90 Å². The topological polar surface area (TPSA) is 20.3 Å². The lowest BCUT2D eigenvalue weighted by Crippen LogP contribution is -2.31. The Balaban J connectivity index is 2.11. The largest absolute Gasteiger partial charge is 0.340 e. The highest BCUT2D eigenvalue weighted by Gasteiger charge is 2.22. The molecule has 20 heavy (non-hydrogen) atoms. The van der Waals surface area contributed by atoms with Gasteiger partial charge in [0.1, 0.15) is 0 Å². The maximum atomic E-state index is 12.6. The summed E-state index contributed by atoms with van der Waals surface area (Å²) in [7, 11) is 1.90. The number of nitrogens with zero attached hydrogens (tertiary/aromatic N) is 1. The molecule has 0 saturated carbocycles. The first-order valence-corrected chi connectivity index (χ1v) is 7.84. The van der Waals surface area contributed by atoms with E-state index in [2.05, 4.69) is 25.3 Å². The Kier molecular flexibility index (Phi) is 4.96. The molecule has 0 aliphatic heterocycles. The second kappa shape index (κ2) is 6.71. The fraction of sp³-hybridized carbons (Fsp3) is 0.353. The Morgan fingerprint density at radius 2 is 1.95 bits per heavy atom. The van der Waals surface area contributed by atoms with Gasteiger partial charge in [-0.3, -0.25) is 4.79 Å². The van der Waals surface area contributed by atoms with Crippen LogP contribution in [0.15, 0.2) is 41.8 Å². The minimum Gasteiger partial charge on any atom is -0.340 e. The standard InChI is InChI=1S/C17H21NOS/c1-4-15(14-8-6-5-7-9-14)17(19)18(3)12-16-13(2)10-11-20-16/h5-11,15H,4,12H2,1-3H3. The summed E-state index contributed by atoms with van der Waals surface area (Å²) in [6, 6.07) is 12.2. The monoisotopic (exact) mass is 287 g/mol. The van der Waals surface area contributed by atoms with Gasteiger partial charge in [-0.1, -0.05) is 37.3 Å². The molecular weight excluding hydrogens is 266 g/mol. The number of hydrogen-bond acceptors (Lipinski definition) is 2. The number of hydrogen-bond donors (Lipinski definition) is 0. The Bertz CT molecular complexity index is 561. The molecule has 1 heterocycles. The molecule has 0 radical (unpaired) electrons. The van der Waals surface area contributed by atoms with Gasteiger partial charge in [0, 0.05) is 11.9 Å². The third kappa shape index (κ3) is 3.28. The lowest BCUT2D eigenvalue weighted by Gasteiger charge is -2.23. The van der Waals surface area contributed by atoms with Crippen molar-refractivity contribution in [2.45, 2.75) is 32.7 Å². The van der Waals surface area contributed by atoms with Crippen LogP contribution in [0.3, 0.4) is 0 Å². The van der Waals surface area contributed by atoms with E-state index < -0.39 is 0 Å². The fourth-order valence-electron chi connectivity index (χ4n) is 2.36. The van der Waals surface area contributed by atoms with E-state index in [-0.39, 0.29) is 11.8 Å². The smallest absolute Gasteiger partial charge is 0.230 e. The van der Waals surface area contributed by atoms with Crippen LogP contribution >= 0.6 is 11.3 Å². The van der Waals surface area contributed by atoms with Crippen molar-refractivity contribution in [2.24, 2.45) is 0 Å². The zero-order valence-corrected chi connectivity index (χ0v) is 13.1. The molecule has 1 atom stereocenters. The average molecular weight is 287 g/mol. The van der Waals surface area contributed by atoms with Crippen molar-refractivity contribution in [3.05, 3.63) is 57.8 Å². The molecule has 1 amide bonds. The van der Waals surface area contributed by atoms with Crippen LogP contribution in [0.4, 0.5) is 0 Å². The van der Waals surface area contributed by atoms with Crippen molar-refractivity contribution < 1.29 is 4.79 Å². The average Bonchev–Trinajstić information content (AvgIpc) is 2.86. The van der Waals surface area contributed by atoms with E-state index in [1.54, 1.807) is 11.3 Å². The SMILES string of the molecule is CCC(C(=O)N(C)Cc1sccc1C)c1ccccc1. The van der Waals surface area contributed by atoms with Gasteiger partial charge >= 0.3 is 0 Å². The third-order valence-corrected chi connectivity index (χ3v) is 4.64. The second-order valence-corrected chi connectivity index (χ2v) is 6.09. The zero-order chi connectivity index (χ0) is 14.5. The molecule has 0 spiro atoms. The van der Waals surface area contributed by atoms with Crippen molar-refractivity contribution in [1.29, 1.82) is 0 Å². The van der Waals surface area contributed by atoms with Crippen LogP contribution in [0.25, 0.3) is 0 Å². The highest BCUT2D eigenvalue weighted by atomic mass is 32.1. The van der Waals surface area contributed by atoms with Gasteiger partial charge in [-0.2, -0.15) is 0 Å². The van der Waals surface area contributed by atoms with Gasteiger partial charge in [0.05, 0.1) is 12.5 Å². The molecule has 3 heteroatoms. The lowest BCUT2D eigenvalue weighted by atomic mass is 9.95. The number of thiophene rings is 1. The van der Waals surface area contributed by atoms with Gasteiger partial charge in [0.2, 0.25) is 5.91 Å². The molecule has 1 unspecified atom stereocenters. The number of rotatable bonds is 5. The molecule has 0 fully saturated rings. The van der Waals surface area contributed by atoms with Crippen LogP contribution < -0.4 is 0 Å². The molecule has 0 N–H and O–H groups in total. The molecule has 1 aromatic heterocycles. The fourth-order valence-corrected chi connectivity index (χ4v) is 3.32. The number of amides is 1. The summed E-state index contributed by atoms with van der Waals surface area (Å²) in [5, 5.41) is 2.08. The number of likely N-dealkylation sites (N-methyl/N-ethyl adjacent to an activating group) is 1. The van der Waals surface area contributed by atoms with Gasteiger partial charge in [-0.05, 0) is 35.9 Å². The molecule has 0 saturated heterocycles. The number of aryl methyl sites for hydroxylation is 1. The number of carbonyl (C=O) groups excluding carboxylic acids is 1. The van der Waals surface area contributed by atoms with Gasteiger partial charge in [-0.25, -0.2) is 0 Å². The molecule has 2 rings (SSSR count). The van der Waals surface area contributed by atoms with Crippen LogP contribution in [0.2, 0.25) is 0 Å². The van der Waals surface area contributed by atoms with Crippen molar-refractivity contribution in [3.8, 4) is 0 Å². The minimum atomic E-state index is -0.0403. The maximum Gasteiger partial charge on any atom is 0.230 e. The normalized spacial score (nSPS) is 12.2. The minimum absolute atomic E-state index is 0.0403. The second-order valence-electron chi connectivity index (χ2n) is 5.09. The lowest BCUT2D eigenvalue weighted by molar-refractivity contribution is -0.132. The Morgan fingerprint density at radius 3 is 2.50 bits per heavy atom. The van der Waals surface area contributed by atoms with E-state index in [0.717, 1.165) is 12.0 Å². The van der Waals surface area contributed by atoms with E-state index in [4.69, 9.17) is 0 Å². The molecule has 2 nitrogen and oxygen atoms in total. The number of benzene rings is 1. The molecule has 0 bridgehead atoms. The highest BCUT2D eigenvalue weighted by Crippen LogP contribution is 2.24. The Morgan fingerprint density at radius 1 is 1.25 bits per heavy atom. The van der Waals surface area contributed by atoms with E-state index in [0.29, 0.717) is 6.54 Å². The Labute approximate surface area is 125 Å². The van der Waals surface area contributed by atoms with Crippen LogP contribution in [-0.2, 0) is 11.3 Å². The predicted molar refractivity (Wildman–Crippen MR) is 85.0 cm³/mol. The summed E-state index contributed by atoms with van der Waals surface area (Å²) < 4.78 is 0. The zero-order valence-electron chi connectivity index (χ0n) is 12.3. The van der Waals surface area contributed by atoms with Crippen LogP contribution in [0.5, 0.6) is 0 Å². The first-order chi connectivity index (χ1) is 9.63. The van der Waals surface area contributed by atoms with E-state index >= 15 is 0 Å². The summed E-state index contributed by atoms with van der Waals surface area (Å²) in [6.45, 7) is 4.87. The van der Waals surface area contributed by atoms with Gasteiger partial charge in [0.15, 0.2) is 0 Å². The molecule has 1 aromatic carbocycles.